The van der Waals surface area contributed by atoms with Gasteiger partial charge in [0.25, 0.3) is 0 Å². The molecule has 2 fully saturated rings. The van der Waals surface area contributed by atoms with E-state index in [1.54, 1.807) is 0 Å². The van der Waals surface area contributed by atoms with Gasteiger partial charge >= 0.3 is 0 Å². The maximum absolute atomic E-state index is 2.62. The van der Waals surface area contributed by atoms with Crippen LogP contribution in [0, 0.1) is 0 Å². The first-order chi connectivity index (χ1) is 4.31. The Bertz CT molecular complexity index is 114. The number of hydrogen-bond acceptors (Lipinski definition) is 2. The van der Waals surface area contributed by atoms with Crippen molar-refractivity contribution in [1.29, 1.82) is 0 Å². The molecule has 0 aromatic carbocycles. The van der Waals surface area contributed by atoms with E-state index in [9.17, 15) is 0 Å². The van der Waals surface area contributed by atoms with Crippen molar-refractivity contribution in [3.63, 3.8) is 0 Å². The van der Waals surface area contributed by atoms with E-state index in [-0.39, 0.29) is 0 Å². The summed E-state index contributed by atoms with van der Waals surface area (Å²) in [6.07, 6.45) is 2.83. The lowest BCUT2D eigenvalue weighted by atomic mass is 10.2. The number of hydrogen-bond donors (Lipinski definition) is 0. The summed E-state index contributed by atoms with van der Waals surface area (Å²) in [5.74, 6) is 1.36. The second-order valence-electron chi connectivity index (χ2n) is 3.11. The molecule has 0 amide bonds. The zero-order chi connectivity index (χ0) is 6.32. The van der Waals surface area contributed by atoms with Gasteiger partial charge in [-0.05, 0) is 26.3 Å². The van der Waals surface area contributed by atoms with Crippen LogP contribution in [-0.4, -0.2) is 28.6 Å². The Hall–Kier alpha value is 0.310. The fourth-order valence-electron chi connectivity index (χ4n) is 1.88. The smallest absolute Gasteiger partial charge is 0.0642 e. The molecular weight excluding hydrogens is 130 g/mol. The zero-order valence-electron chi connectivity index (χ0n) is 5.89. The summed E-state index contributed by atoms with van der Waals surface area (Å²) in [6.45, 7) is 5.07. The Morgan fingerprint density at radius 3 is 3.11 bits per heavy atom. The second kappa shape index (κ2) is 1.89. The molecule has 2 aliphatic rings. The molecule has 2 aliphatic heterocycles. The molecule has 52 valence electrons. The van der Waals surface area contributed by atoms with Crippen molar-refractivity contribution in [2.24, 2.45) is 0 Å². The molecule has 0 bridgehead atoms. The maximum Gasteiger partial charge on any atom is 0.0642 e. The highest BCUT2D eigenvalue weighted by Gasteiger charge is 2.40. The van der Waals surface area contributed by atoms with Crippen molar-refractivity contribution in [3.05, 3.63) is 0 Å². The third kappa shape index (κ3) is 0.802. The molecule has 0 aromatic rings. The first kappa shape index (κ1) is 6.05. The van der Waals surface area contributed by atoms with Gasteiger partial charge in [0.05, 0.1) is 4.87 Å². The van der Waals surface area contributed by atoms with Crippen molar-refractivity contribution in [2.75, 3.05) is 18.8 Å². The van der Waals surface area contributed by atoms with E-state index in [4.69, 9.17) is 0 Å². The van der Waals surface area contributed by atoms with Crippen molar-refractivity contribution >= 4 is 11.8 Å². The van der Waals surface area contributed by atoms with Gasteiger partial charge in [-0.1, -0.05) is 0 Å². The van der Waals surface area contributed by atoms with Gasteiger partial charge in [0, 0.05) is 12.3 Å². The minimum atomic E-state index is 0.556. The lowest BCUT2D eigenvalue weighted by Gasteiger charge is -2.25. The van der Waals surface area contributed by atoms with E-state index in [1.807, 2.05) is 0 Å². The van der Waals surface area contributed by atoms with Crippen LogP contribution in [0.1, 0.15) is 19.8 Å². The topological polar surface area (TPSA) is 3.24 Å². The molecule has 2 heteroatoms. The van der Waals surface area contributed by atoms with Crippen LogP contribution in [0.25, 0.3) is 0 Å². The van der Waals surface area contributed by atoms with E-state index in [1.165, 1.54) is 31.7 Å². The van der Waals surface area contributed by atoms with Crippen LogP contribution in [0.15, 0.2) is 0 Å². The predicted octanol–water partition coefficient (Wildman–Crippen LogP) is 1.55. The predicted molar refractivity (Wildman–Crippen MR) is 41.7 cm³/mol. The fraction of sp³-hybridized carbons (Fsp3) is 1.00. The van der Waals surface area contributed by atoms with Crippen molar-refractivity contribution in [3.8, 4) is 0 Å². The highest BCUT2D eigenvalue weighted by atomic mass is 32.2. The van der Waals surface area contributed by atoms with E-state index in [2.05, 4.69) is 23.6 Å². The third-order valence-electron chi connectivity index (χ3n) is 2.51. The van der Waals surface area contributed by atoms with E-state index in [0.717, 1.165) is 0 Å². The standard InChI is InChI=1S/C7H13NS/c1-7-3-2-4-8(7)5-6-9-7/h2-6H2,1H3. The first-order valence-corrected chi connectivity index (χ1v) is 4.69. The number of rotatable bonds is 0. The van der Waals surface area contributed by atoms with E-state index < -0.39 is 0 Å². The average Bonchev–Trinajstić information content (AvgIpc) is 2.22. The molecule has 2 heterocycles. The highest BCUT2D eigenvalue weighted by Crippen LogP contribution is 2.43. The molecule has 2 saturated heterocycles. The maximum atomic E-state index is 2.62. The Balaban J connectivity index is 2.17. The molecule has 0 spiro atoms. The van der Waals surface area contributed by atoms with E-state index in [0.29, 0.717) is 4.87 Å². The molecule has 0 saturated carbocycles. The van der Waals surface area contributed by atoms with Crippen LogP contribution >= 0.6 is 11.8 Å². The molecule has 1 unspecified atom stereocenters. The summed E-state index contributed by atoms with van der Waals surface area (Å²) in [7, 11) is 0. The van der Waals surface area contributed by atoms with Gasteiger partial charge in [0.1, 0.15) is 0 Å². The Morgan fingerprint density at radius 2 is 2.33 bits per heavy atom. The summed E-state index contributed by atoms with van der Waals surface area (Å²) in [5, 5.41) is 0. The molecule has 0 radical (unpaired) electrons. The summed E-state index contributed by atoms with van der Waals surface area (Å²) >= 11 is 2.14. The van der Waals surface area contributed by atoms with Crippen molar-refractivity contribution < 1.29 is 0 Å². The van der Waals surface area contributed by atoms with Gasteiger partial charge < -0.3 is 0 Å². The van der Waals surface area contributed by atoms with Gasteiger partial charge in [0.2, 0.25) is 0 Å². The van der Waals surface area contributed by atoms with Gasteiger partial charge in [-0.25, -0.2) is 0 Å². The van der Waals surface area contributed by atoms with Crippen LogP contribution < -0.4 is 0 Å². The average molecular weight is 143 g/mol. The van der Waals surface area contributed by atoms with E-state index >= 15 is 0 Å². The number of thioether (sulfide) groups is 1. The van der Waals surface area contributed by atoms with Crippen LogP contribution in [0.5, 0.6) is 0 Å². The Morgan fingerprint density at radius 1 is 1.44 bits per heavy atom. The lowest BCUT2D eigenvalue weighted by Crippen LogP contribution is -2.32. The Kier molecular flexibility index (Phi) is 1.27. The van der Waals surface area contributed by atoms with Gasteiger partial charge in [-0.3, -0.25) is 4.90 Å². The van der Waals surface area contributed by atoms with Crippen molar-refractivity contribution in [1.82, 2.24) is 4.90 Å². The minimum absolute atomic E-state index is 0.556. The quantitative estimate of drug-likeness (QED) is 0.506. The Labute approximate surface area is 60.8 Å². The molecule has 9 heavy (non-hydrogen) atoms. The summed E-state index contributed by atoms with van der Waals surface area (Å²) in [5.41, 5.74) is 0. The van der Waals surface area contributed by atoms with Gasteiger partial charge in [-0.2, -0.15) is 0 Å². The molecule has 2 rings (SSSR count). The second-order valence-corrected chi connectivity index (χ2v) is 4.69. The molecule has 0 aromatic heterocycles. The minimum Gasteiger partial charge on any atom is -0.288 e. The van der Waals surface area contributed by atoms with Crippen LogP contribution in [0.2, 0.25) is 0 Å². The normalized spacial score (nSPS) is 43.7. The molecular formula is C7H13NS. The monoisotopic (exact) mass is 143 g/mol. The number of fused-ring (bicyclic) bond motifs is 1. The fourth-order valence-corrected chi connectivity index (χ4v) is 3.29. The van der Waals surface area contributed by atoms with Crippen LogP contribution in [0.4, 0.5) is 0 Å². The molecule has 0 aliphatic carbocycles. The molecule has 1 nitrogen and oxygen atoms in total. The van der Waals surface area contributed by atoms with Crippen LogP contribution in [0.3, 0.4) is 0 Å². The van der Waals surface area contributed by atoms with Gasteiger partial charge in [-0.15, -0.1) is 11.8 Å². The SMILES string of the molecule is CC12CCCN1CCS2. The summed E-state index contributed by atoms with van der Waals surface area (Å²) < 4.78 is 0. The number of nitrogens with zero attached hydrogens (tertiary/aromatic N) is 1. The lowest BCUT2D eigenvalue weighted by molar-refractivity contribution is 0.275. The highest BCUT2D eigenvalue weighted by molar-refractivity contribution is 8.00. The molecule has 1 atom stereocenters. The first-order valence-electron chi connectivity index (χ1n) is 3.70. The summed E-state index contributed by atoms with van der Waals surface area (Å²) in [4.78, 5) is 3.18. The largest absolute Gasteiger partial charge is 0.288 e. The van der Waals surface area contributed by atoms with Crippen LogP contribution in [-0.2, 0) is 0 Å². The summed E-state index contributed by atoms with van der Waals surface area (Å²) in [6, 6.07) is 0. The van der Waals surface area contributed by atoms with Gasteiger partial charge in [0.15, 0.2) is 0 Å². The third-order valence-corrected chi connectivity index (χ3v) is 3.98. The zero-order valence-corrected chi connectivity index (χ0v) is 6.71. The van der Waals surface area contributed by atoms with Crippen molar-refractivity contribution in [2.45, 2.75) is 24.6 Å². The molecule has 0 N–H and O–H groups in total.